The minimum Gasteiger partial charge on any atom is -0.480 e. The van der Waals surface area contributed by atoms with Crippen molar-refractivity contribution in [1.82, 2.24) is 10.2 Å². The number of amides is 2. The van der Waals surface area contributed by atoms with Gasteiger partial charge in [0.05, 0.1) is 0 Å². The highest BCUT2D eigenvalue weighted by Crippen LogP contribution is 2.35. The number of hydrogen-bond acceptors (Lipinski definition) is 2. The third-order valence-corrected chi connectivity index (χ3v) is 4.48. The van der Waals surface area contributed by atoms with Crippen molar-refractivity contribution in [3.63, 3.8) is 0 Å². The second-order valence-corrected chi connectivity index (χ2v) is 6.93. The first-order valence-electron chi connectivity index (χ1n) is 7.44. The van der Waals surface area contributed by atoms with Crippen molar-refractivity contribution in [2.75, 3.05) is 13.1 Å². The van der Waals surface area contributed by atoms with E-state index in [-0.39, 0.29) is 11.4 Å². The number of piperidine rings is 1. The second kappa shape index (κ2) is 6.46. The monoisotopic (exact) mass is 284 g/mol. The summed E-state index contributed by atoms with van der Waals surface area (Å²) < 4.78 is 0. The van der Waals surface area contributed by atoms with Crippen LogP contribution in [0.25, 0.3) is 0 Å². The lowest BCUT2D eigenvalue weighted by atomic mass is 9.76. The van der Waals surface area contributed by atoms with Gasteiger partial charge in [-0.25, -0.2) is 9.59 Å². The Labute approximate surface area is 121 Å². The molecule has 116 valence electrons. The molecule has 20 heavy (non-hydrogen) atoms. The number of nitrogens with zero attached hydrogens (tertiary/aromatic N) is 1. The zero-order valence-electron chi connectivity index (χ0n) is 13.3. The second-order valence-electron chi connectivity index (χ2n) is 6.93. The Balaban J connectivity index is 2.72. The highest BCUT2D eigenvalue weighted by molar-refractivity contribution is 5.83. The molecule has 0 aromatic rings. The van der Waals surface area contributed by atoms with E-state index in [0.717, 1.165) is 12.8 Å². The lowest BCUT2D eigenvalue weighted by Crippen LogP contribution is -2.59. The fraction of sp³-hybridized carbons (Fsp3) is 0.867. The summed E-state index contributed by atoms with van der Waals surface area (Å²) >= 11 is 0. The predicted octanol–water partition coefficient (Wildman–Crippen LogP) is 2.56. The van der Waals surface area contributed by atoms with E-state index in [1.807, 2.05) is 13.8 Å². The predicted molar refractivity (Wildman–Crippen MR) is 78.5 cm³/mol. The molecule has 0 saturated carbocycles. The Kier molecular flexibility index (Phi) is 5.42. The van der Waals surface area contributed by atoms with E-state index in [2.05, 4.69) is 26.1 Å². The maximum Gasteiger partial charge on any atom is 0.327 e. The van der Waals surface area contributed by atoms with Crippen LogP contribution in [0.1, 0.15) is 47.5 Å². The van der Waals surface area contributed by atoms with Crippen LogP contribution >= 0.6 is 0 Å². The maximum absolute atomic E-state index is 12.3. The minimum absolute atomic E-state index is 0.252. The summed E-state index contributed by atoms with van der Waals surface area (Å²) in [6, 6.07) is -0.997. The summed E-state index contributed by atoms with van der Waals surface area (Å²) in [6.07, 6.45) is 1.68. The number of carboxylic acids is 1. The van der Waals surface area contributed by atoms with E-state index >= 15 is 0 Å². The number of carboxylic acid groups (broad SMARTS) is 1. The van der Waals surface area contributed by atoms with Gasteiger partial charge in [0.2, 0.25) is 0 Å². The number of hydrogen-bond donors (Lipinski definition) is 2. The highest BCUT2D eigenvalue weighted by atomic mass is 16.4. The molecule has 0 aliphatic carbocycles. The van der Waals surface area contributed by atoms with Crippen molar-refractivity contribution < 1.29 is 14.7 Å². The summed E-state index contributed by atoms with van der Waals surface area (Å²) in [5.41, 5.74) is -0.384. The number of carbonyl (C=O) groups excluding carboxylic acids is 1. The Morgan fingerprint density at radius 3 is 2.45 bits per heavy atom. The van der Waals surface area contributed by atoms with Crippen molar-refractivity contribution in [2.45, 2.75) is 53.5 Å². The zero-order chi connectivity index (χ0) is 15.5. The molecule has 0 radical (unpaired) electrons. The lowest BCUT2D eigenvalue weighted by Gasteiger charge is -2.43. The Hall–Kier alpha value is -1.26. The molecule has 0 aromatic heterocycles. The number of aliphatic carboxylic acids is 1. The van der Waals surface area contributed by atoms with Gasteiger partial charge in [-0.15, -0.1) is 0 Å². The highest BCUT2D eigenvalue weighted by Gasteiger charge is 2.44. The topological polar surface area (TPSA) is 69.6 Å². The van der Waals surface area contributed by atoms with Crippen molar-refractivity contribution >= 4 is 12.0 Å². The average Bonchev–Trinajstić information content (AvgIpc) is 2.33. The third-order valence-electron chi connectivity index (χ3n) is 4.48. The van der Waals surface area contributed by atoms with E-state index in [1.165, 1.54) is 4.90 Å². The smallest absolute Gasteiger partial charge is 0.327 e. The molecule has 2 unspecified atom stereocenters. The van der Waals surface area contributed by atoms with Gasteiger partial charge in [0, 0.05) is 13.1 Å². The fourth-order valence-electron chi connectivity index (χ4n) is 2.66. The van der Waals surface area contributed by atoms with Crippen molar-refractivity contribution in [3.8, 4) is 0 Å². The van der Waals surface area contributed by atoms with E-state index in [9.17, 15) is 14.7 Å². The molecule has 1 rings (SSSR count). The number of likely N-dealkylation sites (tertiary alicyclic amines) is 1. The summed E-state index contributed by atoms with van der Waals surface area (Å²) in [5, 5.41) is 12.3. The van der Waals surface area contributed by atoms with Crippen molar-refractivity contribution in [3.05, 3.63) is 0 Å². The van der Waals surface area contributed by atoms with Crippen LogP contribution < -0.4 is 5.32 Å². The number of nitrogens with one attached hydrogen (secondary N) is 1. The quantitative estimate of drug-likeness (QED) is 0.833. The lowest BCUT2D eigenvalue weighted by molar-refractivity contribution is -0.148. The summed E-state index contributed by atoms with van der Waals surface area (Å²) in [5.74, 6) is -0.0508. The largest absolute Gasteiger partial charge is 0.480 e. The Morgan fingerprint density at radius 2 is 1.95 bits per heavy atom. The summed E-state index contributed by atoms with van der Waals surface area (Å²) in [4.78, 5) is 25.3. The molecule has 2 amide bonds. The molecule has 1 fully saturated rings. The molecule has 1 aliphatic heterocycles. The van der Waals surface area contributed by atoms with E-state index < -0.39 is 12.0 Å². The van der Waals surface area contributed by atoms with E-state index in [0.29, 0.717) is 24.9 Å². The zero-order valence-corrected chi connectivity index (χ0v) is 13.3. The van der Waals surface area contributed by atoms with Gasteiger partial charge < -0.3 is 15.3 Å². The molecule has 2 N–H and O–H groups in total. The maximum atomic E-state index is 12.3. The van der Waals surface area contributed by atoms with Crippen molar-refractivity contribution in [2.24, 2.45) is 17.3 Å². The van der Waals surface area contributed by atoms with Crippen LogP contribution in [0.15, 0.2) is 0 Å². The molecule has 0 aromatic carbocycles. The first kappa shape index (κ1) is 16.8. The summed E-state index contributed by atoms with van der Waals surface area (Å²) in [6.45, 7) is 11.2. The van der Waals surface area contributed by atoms with E-state index in [4.69, 9.17) is 0 Å². The molecular formula is C15H28N2O3. The van der Waals surface area contributed by atoms with Crippen LogP contribution in [0.4, 0.5) is 4.79 Å². The van der Waals surface area contributed by atoms with Crippen molar-refractivity contribution in [1.29, 1.82) is 0 Å². The van der Waals surface area contributed by atoms with Gasteiger partial charge in [-0.3, -0.25) is 0 Å². The molecule has 5 heteroatoms. The van der Waals surface area contributed by atoms with Gasteiger partial charge in [-0.2, -0.15) is 0 Å². The van der Waals surface area contributed by atoms with Crippen LogP contribution in [0.2, 0.25) is 0 Å². The fourth-order valence-corrected chi connectivity index (χ4v) is 2.66. The van der Waals surface area contributed by atoms with Crippen LogP contribution in [0.3, 0.4) is 0 Å². The van der Waals surface area contributed by atoms with Crippen LogP contribution in [-0.4, -0.2) is 41.1 Å². The average molecular weight is 284 g/mol. The number of urea groups is 1. The van der Waals surface area contributed by atoms with Crippen LogP contribution in [0.5, 0.6) is 0 Å². The molecule has 5 nitrogen and oxygen atoms in total. The SMILES string of the molecule is CC(C)C(C)CNC(=O)N1CCCC(C)(C)C1C(=O)O. The van der Waals surface area contributed by atoms with Gasteiger partial charge >= 0.3 is 12.0 Å². The number of carbonyl (C=O) groups is 2. The van der Waals surface area contributed by atoms with Gasteiger partial charge in [0.1, 0.15) is 6.04 Å². The minimum atomic E-state index is -0.915. The third kappa shape index (κ3) is 3.87. The first-order valence-corrected chi connectivity index (χ1v) is 7.44. The molecule has 0 bridgehead atoms. The molecule has 1 heterocycles. The Morgan fingerprint density at radius 1 is 1.35 bits per heavy atom. The van der Waals surface area contributed by atoms with Gasteiger partial charge in [0.25, 0.3) is 0 Å². The standard InChI is InChI=1S/C15H28N2O3/c1-10(2)11(3)9-16-14(20)17-8-6-7-15(4,5)12(17)13(18)19/h10-12H,6-9H2,1-5H3,(H,16,20)(H,18,19). The number of rotatable bonds is 4. The Bertz CT molecular complexity index is 366. The van der Waals surface area contributed by atoms with Gasteiger partial charge in [-0.1, -0.05) is 34.6 Å². The van der Waals surface area contributed by atoms with Crippen LogP contribution in [0, 0.1) is 17.3 Å². The molecule has 2 atom stereocenters. The van der Waals surface area contributed by atoms with Crippen LogP contribution in [-0.2, 0) is 4.79 Å². The molecule has 1 saturated heterocycles. The first-order chi connectivity index (χ1) is 9.16. The normalized spacial score (nSPS) is 23.5. The molecular weight excluding hydrogens is 256 g/mol. The molecule has 0 spiro atoms. The summed E-state index contributed by atoms with van der Waals surface area (Å²) in [7, 11) is 0. The molecule has 1 aliphatic rings. The van der Waals surface area contributed by atoms with Gasteiger partial charge in [0.15, 0.2) is 0 Å². The van der Waals surface area contributed by atoms with Gasteiger partial charge in [-0.05, 0) is 30.1 Å². The van der Waals surface area contributed by atoms with E-state index in [1.54, 1.807) is 0 Å².